The first-order valence-corrected chi connectivity index (χ1v) is 11.0. The van der Waals surface area contributed by atoms with Crippen molar-refractivity contribution in [3.05, 3.63) is 41.6 Å². The lowest BCUT2D eigenvalue weighted by Gasteiger charge is -2.69. The third-order valence-corrected chi connectivity index (χ3v) is 9.53. The standard InChI is InChI=1S/C24H26N2O3/c1-29-20(28)17-13-22-6-7-24(17)23(16-4-2-3-5-18(16)25-24)8-9-26(21(22)23)19-11-15(27)10-14(19)12-22/h2-5,11,14,17,21,25H,6-10,12-13H2,1H3/t14-,17-,21-,22?,23+,24?/m0/s1. The number of anilines is 1. The Bertz CT molecular complexity index is 1020. The first kappa shape index (κ1) is 16.5. The molecule has 8 rings (SSSR count). The number of fused-ring (bicyclic) bond motifs is 5. The van der Waals surface area contributed by atoms with Crippen LogP contribution in [0.25, 0.3) is 0 Å². The Kier molecular flexibility index (Phi) is 2.77. The molecule has 7 aliphatic rings. The van der Waals surface area contributed by atoms with Crippen molar-refractivity contribution in [3.63, 3.8) is 0 Å². The quantitative estimate of drug-likeness (QED) is 0.747. The van der Waals surface area contributed by atoms with Gasteiger partial charge in [0.2, 0.25) is 0 Å². The first-order valence-electron chi connectivity index (χ1n) is 11.0. The van der Waals surface area contributed by atoms with E-state index < -0.39 is 0 Å². The Hall–Kier alpha value is -2.30. The third kappa shape index (κ3) is 1.58. The molecule has 5 fully saturated rings. The topological polar surface area (TPSA) is 58.6 Å². The summed E-state index contributed by atoms with van der Waals surface area (Å²) in [6.45, 7) is 0.980. The summed E-state index contributed by atoms with van der Waals surface area (Å²) in [6, 6.07) is 9.06. The van der Waals surface area contributed by atoms with E-state index in [-0.39, 0.29) is 34.0 Å². The molecule has 29 heavy (non-hydrogen) atoms. The molecule has 150 valence electrons. The molecule has 1 aromatic rings. The molecule has 3 aliphatic heterocycles. The Balaban J connectivity index is 1.51. The normalized spacial score (nSPS) is 45.1. The van der Waals surface area contributed by atoms with Gasteiger partial charge in [-0.15, -0.1) is 0 Å². The van der Waals surface area contributed by atoms with Gasteiger partial charge >= 0.3 is 5.97 Å². The number of ketones is 1. The van der Waals surface area contributed by atoms with Crippen LogP contribution in [-0.4, -0.2) is 41.9 Å². The highest BCUT2D eigenvalue weighted by Crippen LogP contribution is 2.75. The number of ether oxygens (including phenoxy) is 1. The highest BCUT2D eigenvalue weighted by Gasteiger charge is 2.80. The number of esters is 1. The fraction of sp³-hybridized carbons (Fsp3) is 0.583. The summed E-state index contributed by atoms with van der Waals surface area (Å²) < 4.78 is 5.37. The molecule has 0 radical (unpaired) electrons. The molecule has 3 spiro atoms. The van der Waals surface area contributed by atoms with Crippen LogP contribution in [0.2, 0.25) is 0 Å². The van der Waals surface area contributed by atoms with Crippen LogP contribution in [0.1, 0.15) is 44.1 Å². The lowest BCUT2D eigenvalue weighted by molar-refractivity contribution is -0.171. The predicted octanol–water partition coefficient (Wildman–Crippen LogP) is 3.01. The largest absolute Gasteiger partial charge is 0.469 e. The molecule has 3 heterocycles. The zero-order valence-electron chi connectivity index (χ0n) is 16.7. The number of methoxy groups -OCH3 is 1. The molecular weight excluding hydrogens is 364 g/mol. The van der Waals surface area contributed by atoms with Gasteiger partial charge in [-0.3, -0.25) is 9.59 Å². The highest BCUT2D eigenvalue weighted by atomic mass is 16.5. The number of rotatable bonds is 1. The van der Waals surface area contributed by atoms with E-state index >= 15 is 0 Å². The Morgan fingerprint density at radius 3 is 2.93 bits per heavy atom. The van der Waals surface area contributed by atoms with Crippen LogP contribution in [0.4, 0.5) is 5.69 Å². The van der Waals surface area contributed by atoms with Crippen LogP contribution in [0.5, 0.6) is 0 Å². The molecular formula is C24H26N2O3. The van der Waals surface area contributed by atoms with E-state index in [0.29, 0.717) is 18.4 Å². The molecule has 2 saturated heterocycles. The van der Waals surface area contributed by atoms with Crippen LogP contribution in [0.15, 0.2) is 36.0 Å². The lowest BCUT2D eigenvalue weighted by atomic mass is 9.38. The van der Waals surface area contributed by atoms with Crippen molar-refractivity contribution in [1.29, 1.82) is 0 Å². The smallest absolute Gasteiger partial charge is 0.311 e. The number of benzene rings is 1. The fourth-order valence-corrected chi connectivity index (χ4v) is 8.92. The van der Waals surface area contributed by atoms with Gasteiger partial charge in [0.1, 0.15) is 0 Å². The van der Waals surface area contributed by atoms with E-state index in [4.69, 9.17) is 4.74 Å². The number of carbonyl (C=O) groups excluding carboxylic acids is 2. The van der Waals surface area contributed by atoms with Crippen LogP contribution < -0.4 is 5.32 Å². The molecule has 1 aromatic carbocycles. The third-order valence-electron chi connectivity index (χ3n) is 9.53. The van der Waals surface area contributed by atoms with Gasteiger partial charge in [0, 0.05) is 47.8 Å². The average molecular weight is 390 g/mol. The summed E-state index contributed by atoms with van der Waals surface area (Å²) in [4.78, 5) is 28.1. The highest BCUT2D eigenvalue weighted by molar-refractivity contribution is 5.93. The number of hydrogen-bond acceptors (Lipinski definition) is 5. The maximum atomic E-state index is 13.1. The summed E-state index contributed by atoms with van der Waals surface area (Å²) in [5.41, 5.74) is 3.58. The van der Waals surface area contributed by atoms with Crippen LogP contribution in [-0.2, 0) is 19.7 Å². The monoisotopic (exact) mass is 390 g/mol. The zero-order chi connectivity index (χ0) is 19.6. The van der Waals surface area contributed by atoms with Crippen molar-refractivity contribution in [1.82, 2.24) is 4.90 Å². The zero-order valence-corrected chi connectivity index (χ0v) is 16.7. The van der Waals surface area contributed by atoms with E-state index in [9.17, 15) is 9.59 Å². The molecule has 2 bridgehead atoms. The van der Waals surface area contributed by atoms with Crippen LogP contribution >= 0.6 is 0 Å². The van der Waals surface area contributed by atoms with E-state index in [1.54, 1.807) is 0 Å². The van der Waals surface area contributed by atoms with E-state index in [0.717, 1.165) is 38.6 Å². The number of piperidine rings is 1. The second kappa shape index (κ2) is 4.88. The average Bonchev–Trinajstić information content (AvgIpc) is 3.39. The van der Waals surface area contributed by atoms with Gasteiger partial charge in [0.25, 0.3) is 0 Å². The first-order chi connectivity index (χ1) is 14.0. The van der Waals surface area contributed by atoms with Crippen LogP contribution in [0.3, 0.4) is 0 Å². The Labute approximate surface area is 170 Å². The fourth-order valence-electron chi connectivity index (χ4n) is 8.92. The number of nitrogens with one attached hydrogen (secondary N) is 1. The number of carbonyl (C=O) groups is 2. The summed E-state index contributed by atoms with van der Waals surface area (Å²) in [5.74, 6) is 0.416. The maximum absolute atomic E-state index is 13.1. The summed E-state index contributed by atoms with van der Waals surface area (Å²) in [5, 5.41) is 3.91. The Morgan fingerprint density at radius 2 is 2.07 bits per heavy atom. The van der Waals surface area contributed by atoms with Gasteiger partial charge < -0.3 is 15.0 Å². The van der Waals surface area contributed by atoms with Gasteiger partial charge in [0.05, 0.1) is 18.6 Å². The molecule has 0 aromatic heterocycles. The summed E-state index contributed by atoms with van der Waals surface area (Å²) in [7, 11) is 1.53. The number of allylic oxidation sites excluding steroid dienone is 2. The van der Waals surface area contributed by atoms with Crippen molar-refractivity contribution >= 4 is 17.4 Å². The molecule has 4 aliphatic carbocycles. The second-order valence-electron chi connectivity index (χ2n) is 10.2. The van der Waals surface area contributed by atoms with Crippen molar-refractivity contribution in [2.75, 3.05) is 19.0 Å². The van der Waals surface area contributed by atoms with Gasteiger partial charge in [-0.05, 0) is 49.1 Å². The molecule has 1 N–H and O–H groups in total. The molecule has 6 atom stereocenters. The SMILES string of the molecule is COC(=O)[C@@H]1CC23CCC14Nc1ccccc1[C@@]41CCN(C4=CC(=O)C[C@H]4C2)[C@@H]31. The molecule has 0 amide bonds. The van der Waals surface area contributed by atoms with Gasteiger partial charge in [-0.1, -0.05) is 18.2 Å². The minimum absolute atomic E-state index is 0.0653. The van der Waals surface area contributed by atoms with E-state index in [2.05, 4.69) is 34.5 Å². The minimum atomic E-state index is -0.277. The van der Waals surface area contributed by atoms with Gasteiger partial charge in [-0.25, -0.2) is 0 Å². The predicted molar refractivity (Wildman–Crippen MR) is 107 cm³/mol. The van der Waals surface area contributed by atoms with Crippen LogP contribution in [0, 0.1) is 17.3 Å². The van der Waals surface area contributed by atoms with Crippen molar-refractivity contribution in [2.45, 2.75) is 55.5 Å². The summed E-state index contributed by atoms with van der Waals surface area (Å²) >= 11 is 0. The molecule has 2 unspecified atom stereocenters. The number of hydrogen-bond donors (Lipinski definition) is 1. The lowest BCUT2D eigenvalue weighted by Crippen LogP contribution is -2.77. The molecule has 5 nitrogen and oxygen atoms in total. The van der Waals surface area contributed by atoms with E-state index in [1.165, 1.54) is 24.1 Å². The van der Waals surface area contributed by atoms with Crippen molar-refractivity contribution in [2.24, 2.45) is 17.3 Å². The summed E-state index contributed by atoms with van der Waals surface area (Å²) in [6.07, 6.45) is 7.66. The van der Waals surface area contributed by atoms with Crippen molar-refractivity contribution < 1.29 is 14.3 Å². The minimum Gasteiger partial charge on any atom is -0.469 e. The van der Waals surface area contributed by atoms with E-state index in [1.807, 2.05) is 6.08 Å². The van der Waals surface area contributed by atoms with Crippen molar-refractivity contribution in [3.8, 4) is 0 Å². The van der Waals surface area contributed by atoms with Gasteiger partial charge in [-0.2, -0.15) is 0 Å². The second-order valence-corrected chi connectivity index (χ2v) is 10.2. The Morgan fingerprint density at radius 1 is 1.21 bits per heavy atom. The molecule has 3 saturated carbocycles. The van der Waals surface area contributed by atoms with Gasteiger partial charge in [0.15, 0.2) is 5.78 Å². The number of para-hydroxylation sites is 1. The molecule has 5 heteroatoms. The number of nitrogens with zero attached hydrogens (tertiary/aromatic N) is 1. The maximum Gasteiger partial charge on any atom is 0.311 e.